The van der Waals surface area contributed by atoms with Crippen LogP contribution in [0.1, 0.15) is 17.0 Å². The molecule has 4 rings (SSSR count). The minimum atomic E-state index is -0.724. The Morgan fingerprint density at radius 3 is 2.56 bits per heavy atom. The maximum absolute atomic E-state index is 15.2. The fraction of sp³-hybridized carbons (Fsp3) is 0.0476. The van der Waals surface area contributed by atoms with Crippen molar-refractivity contribution in [3.05, 3.63) is 85.5 Å². The van der Waals surface area contributed by atoms with E-state index < -0.39 is 5.82 Å². The number of hydrogen-bond donors (Lipinski definition) is 0. The van der Waals surface area contributed by atoms with E-state index in [-0.39, 0.29) is 61.6 Å². The first-order chi connectivity index (χ1) is 15.3. The Labute approximate surface area is 201 Å². The highest BCUT2D eigenvalue weighted by Crippen LogP contribution is 2.36. The van der Waals surface area contributed by atoms with Crippen molar-refractivity contribution >= 4 is 46.4 Å². The van der Waals surface area contributed by atoms with Crippen molar-refractivity contribution in [1.29, 1.82) is 5.26 Å². The molecule has 0 N–H and O–H groups in total. The zero-order valence-corrected chi connectivity index (χ0v) is 18.8. The van der Waals surface area contributed by atoms with E-state index in [1.54, 1.807) is 0 Å². The van der Waals surface area contributed by atoms with Gasteiger partial charge in [0.05, 0.1) is 33.1 Å². The van der Waals surface area contributed by atoms with E-state index in [1.807, 2.05) is 6.07 Å². The van der Waals surface area contributed by atoms with E-state index in [0.717, 1.165) is 0 Å². The fourth-order valence-corrected chi connectivity index (χ4v) is 3.63. The van der Waals surface area contributed by atoms with Gasteiger partial charge >= 0.3 is 0 Å². The number of halogens is 5. The minimum Gasteiger partial charge on any atom is -0.453 e. The van der Waals surface area contributed by atoms with E-state index in [2.05, 4.69) is 15.2 Å². The van der Waals surface area contributed by atoms with Crippen molar-refractivity contribution in [3.63, 3.8) is 0 Å². The Kier molecular flexibility index (Phi) is 6.49. The molecule has 0 saturated heterocycles. The van der Waals surface area contributed by atoms with Gasteiger partial charge in [0.1, 0.15) is 11.4 Å². The van der Waals surface area contributed by atoms with Gasteiger partial charge in [-0.1, -0.05) is 52.5 Å². The lowest BCUT2D eigenvalue weighted by atomic mass is 10.1. The molecule has 0 aliphatic rings. The number of rotatable bonds is 5. The molecule has 4 aromatic rings. The van der Waals surface area contributed by atoms with Crippen LogP contribution in [-0.4, -0.2) is 15.2 Å². The van der Waals surface area contributed by atoms with Crippen molar-refractivity contribution < 1.29 is 13.5 Å². The molecule has 11 heteroatoms. The average Bonchev–Trinajstić information content (AvgIpc) is 3.21. The van der Waals surface area contributed by atoms with Crippen LogP contribution in [0.2, 0.25) is 20.1 Å². The highest BCUT2D eigenvalue weighted by atomic mass is 35.5. The normalized spacial score (nSPS) is 10.8. The highest BCUT2D eigenvalue weighted by molar-refractivity contribution is 6.36. The zero-order valence-electron chi connectivity index (χ0n) is 15.7. The third-order valence-corrected chi connectivity index (χ3v) is 5.18. The number of nitriles is 1. The predicted molar refractivity (Wildman–Crippen MR) is 118 cm³/mol. The number of pyridine rings is 1. The molecule has 0 radical (unpaired) electrons. The lowest BCUT2D eigenvalue weighted by molar-refractivity contribution is 0.437. The number of benzene rings is 2. The molecule has 2 aromatic heterocycles. The van der Waals surface area contributed by atoms with Crippen LogP contribution in [0.15, 0.2) is 47.0 Å². The van der Waals surface area contributed by atoms with Gasteiger partial charge in [0.25, 0.3) is 5.89 Å². The second-order valence-electron chi connectivity index (χ2n) is 6.40. The number of hydrogen-bond acceptors (Lipinski definition) is 6. The molecule has 0 amide bonds. The standard InChI is InChI=1S/C21H9Cl4FN4O2/c22-12-3-10(8-27)4-14(6-12)31-20-15(24)2-1-11(18(20)26)5-17-29-30-21(32-17)19-16(25)7-13(23)9-28-19/h1-4,6-7,9H,5H2. The van der Waals surface area contributed by atoms with E-state index in [1.165, 1.54) is 42.6 Å². The summed E-state index contributed by atoms with van der Waals surface area (Å²) in [6, 6.07) is 10.7. The molecule has 0 unspecified atom stereocenters. The Morgan fingerprint density at radius 2 is 1.81 bits per heavy atom. The molecule has 0 fully saturated rings. The van der Waals surface area contributed by atoms with Crippen LogP contribution in [0.3, 0.4) is 0 Å². The van der Waals surface area contributed by atoms with Crippen LogP contribution in [0.4, 0.5) is 4.39 Å². The molecule has 0 spiro atoms. The molecule has 0 bridgehead atoms. The molecule has 160 valence electrons. The monoisotopic (exact) mass is 508 g/mol. The first-order valence-corrected chi connectivity index (χ1v) is 10.3. The molecule has 0 saturated carbocycles. The average molecular weight is 510 g/mol. The van der Waals surface area contributed by atoms with Crippen molar-refractivity contribution in [2.24, 2.45) is 0 Å². The summed E-state index contributed by atoms with van der Waals surface area (Å²) in [5.41, 5.74) is 0.704. The Balaban J connectivity index is 1.62. The summed E-state index contributed by atoms with van der Waals surface area (Å²) in [7, 11) is 0. The van der Waals surface area contributed by atoms with Gasteiger partial charge in [-0.15, -0.1) is 10.2 Å². The second-order valence-corrected chi connectivity index (χ2v) is 8.09. The van der Waals surface area contributed by atoms with Gasteiger partial charge in [-0.3, -0.25) is 0 Å². The van der Waals surface area contributed by atoms with Crippen LogP contribution in [0.5, 0.6) is 11.5 Å². The summed E-state index contributed by atoms with van der Waals surface area (Å²) >= 11 is 24.1. The topological polar surface area (TPSA) is 84.8 Å². The maximum atomic E-state index is 15.2. The highest BCUT2D eigenvalue weighted by Gasteiger charge is 2.19. The van der Waals surface area contributed by atoms with Gasteiger partial charge in [-0.25, -0.2) is 9.37 Å². The van der Waals surface area contributed by atoms with Crippen LogP contribution in [0, 0.1) is 17.1 Å². The van der Waals surface area contributed by atoms with E-state index >= 15 is 4.39 Å². The largest absolute Gasteiger partial charge is 0.453 e. The summed E-state index contributed by atoms with van der Waals surface area (Å²) < 4.78 is 26.4. The lowest BCUT2D eigenvalue weighted by Crippen LogP contribution is -1.98. The van der Waals surface area contributed by atoms with Crippen LogP contribution >= 0.6 is 46.4 Å². The summed E-state index contributed by atoms with van der Waals surface area (Å²) in [5, 5.41) is 17.8. The number of ether oxygens (including phenoxy) is 1. The van der Waals surface area contributed by atoms with E-state index in [4.69, 9.17) is 60.8 Å². The lowest BCUT2D eigenvalue weighted by Gasteiger charge is -2.11. The van der Waals surface area contributed by atoms with Crippen molar-refractivity contribution in [2.75, 3.05) is 0 Å². The van der Waals surface area contributed by atoms with Crippen molar-refractivity contribution in [2.45, 2.75) is 6.42 Å². The molecule has 0 aliphatic carbocycles. The molecule has 2 aromatic carbocycles. The Bertz CT molecular complexity index is 1370. The minimum absolute atomic E-state index is 0.0353. The number of aromatic nitrogens is 3. The third-order valence-electron chi connectivity index (χ3n) is 4.17. The van der Waals surface area contributed by atoms with Crippen molar-refractivity contribution in [3.8, 4) is 29.2 Å². The third kappa shape index (κ3) is 4.79. The smallest absolute Gasteiger partial charge is 0.267 e. The van der Waals surface area contributed by atoms with Gasteiger partial charge in [0.2, 0.25) is 5.89 Å². The molecule has 0 atom stereocenters. The first kappa shape index (κ1) is 22.3. The predicted octanol–water partition coefficient (Wildman–Crippen LogP) is 7.14. The summed E-state index contributed by atoms with van der Waals surface area (Å²) in [4.78, 5) is 4.07. The van der Waals surface area contributed by atoms with Gasteiger partial charge in [-0.05, 0) is 30.3 Å². The molecular formula is C21H9Cl4FN4O2. The van der Waals surface area contributed by atoms with E-state index in [9.17, 15) is 0 Å². The SMILES string of the molecule is N#Cc1cc(Cl)cc(Oc2c(Cl)ccc(Cc3nnc(-c4ncc(Cl)cc4Cl)o3)c2F)c1. The van der Waals surface area contributed by atoms with Crippen LogP contribution in [-0.2, 0) is 6.42 Å². The van der Waals surface area contributed by atoms with Gasteiger partial charge in [0, 0.05) is 16.8 Å². The van der Waals surface area contributed by atoms with Gasteiger partial charge < -0.3 is 9.15 Å². The zero-order chi connectivity index (χ0) is 22.8. The van der Waals surface area contributed by atoms with Gasteiger partial charge in [-0.2, -0.15) is 5.26 Å². The molecule has 0 aliphatic heterocycles. The van der Waals surface area contributed by atoms with Crippen LogP contribution < -0.4 is 4.74 Å². The Morgan fingerprint density at radius 1 is 1.00 bits per heavy atom. The Hall–Kier alpha value is -2.89. The molecule has 2 heterocycles. The first-order valence-electron chi connectivity index (χ1n) is 8.83. The maximum Gasteiger partial charge on any atom is 0.267 e. The fourth-order valence-electron chi connectivity index (χ4n) is 2.76. The van der Waals surface area contributed by atoms with Crippen molar-refractivity contribution in [1.82, 2.24) is 15.2 Å². The quantitative estimate of drug-likeness (QED) is 0.284. The molecular weight excluding hydrogens is 501 g/mol. The number of nitrogens with zero attached hydrogens (tertiary/aromatic N) is 4. The summed E-state index contributed by atoms with van der Waals surface area (Å²) in [6.07, 6.45) is 1.35. The summed E-state index contributed by atoms with van der Waals surface area (Å²) in [6.45, 7) is 0. The summed E-state index contributed by atoms with van der Waals surface area (Å²) in [5.74, 6) is -0.601. The van der Waals surface area contributed by atoms with Gasteiger partial charge in [0.15, 0.2) is 11.6 Å². The van der Waals surface area contributed by atoms with E-state index in [0.29, 0.717) is 5.02 Å². The molecule has 6 nitrogen and oxygen atoms in total. The second kappa shape index (κ2) is 9.31. The van der Waals surface area contributed by atoms with Crippen LogP contribution in [0.25, 0.3) is 11.6 Å². The molecule has 32 heavy (non-hydrogen) atoms.